The van der Waals surface area contributed by atoms with Gasteiger partial charge >= 0.3 is 6.09 Å². The molecule has 1 aliphatic heterocycles. The first-order chi connectivity index (χ1) is 12.9. The predicted octanol–water partition coefficient (Wildman–Crippen LogP) is 4.08. The van der Waals surface area contributed by atoms with Crippen LogP contribution in [0.1, 0.15) is 12.5 Å². The van der Waals surface area contributed by atoms with Crippen molar-refractivity contribution in [1.29, 1.82) is 5.26 Å². The lowest BCUT2D eigenvalue weighted by atomic mass is 10.1. The molecule has 0 aliphatic carbocycles. The average Bonchev–Trinajstić information content (AvgIpc) is 2.89. The summed E-state index contributed by atoms with van der Waals surface area (Å²) in [4.78, 5) is 29.1. The fourth-order valence-corrected chi connectivity index (χ4v) is 2.70. The number of nitriles is 1. The zero-order valence-electron chi connectivity index (χ0n) is 14.1. The van der Waals surface area contributed by atoms with E-state index in [1.165, 1.54) is 25.1 Å². The third kappa shape index (κ3) is 3.41. The number of carbonyl (C=O) groups excluding carboxylic acids is 2. The Kier molecular flexibility index (Phi) is 4.72. The van der Waals surface area contributed by atoms with E-state index in [0.29, 0.717) is 11.3 Å². The first-order valence-corrected chi connectivity index (χ1v) is 8.13. The summed E-state index contributed by atoms with van der Waals surface area (Å²) in [6, 6.07) is 12.6. The van der Waals surface area contributed by atoms with Gasteiger partial charge in [0.1, 0.15) is 12.4 Å². The number of hydrogen-bond donors (Lipinski definition) is 0. The summed E-state index contributed by atoms with van der Waals surface area (Å²) in [6.07, 6.45) is -0.849. The van der Waals surface area contributed by atoms with Crippen molar-refractivity contribution in [2.24, 2.45) is 0 Å². The van der Waals surface area contributed by atoms with E-state index in [4.69, 9.17) is 32.9 Å². The van der Waals surface area contributed by atoms with Crippen LogP contribution in [0.2, 0.25) is 5.02 Å². The van der Waals surface area contributed by atoms with Crippen molar-refractivity contribution >= 4 is 35.0 Å². The number of cyclic esters (lactones) is 1. The van der Waals surface area contributed by atoms with E-state index in [0.717, 1.165) is 4.90 Å². The van der Waals surface area contributed by atoms with Crippen molar-refractivity contribution in [2.75, 3.05) is 11.5 Å². The maximum atomic E-state index is 12.8. The van der Waals surface area contributed by atoms with Crippen molar-refractivity contribution in [3.63, 3.8) is 0 Å². The highest BCUT2D eigenvalue weighted by Gasteiger charge is 2.52. The Balaban J connectivity index is 1.78. The Bertz CT molecular complexity index is 1010. The molecule has 1 aliphatic rings. The minimum atomic E-state index is -1.52. The second kappa shape index (κ2) is 6.99. The lowest BCUT2D eigenvalue weighted by molar-refractivity contribution is -0.130. The molecule has 0 N–H and O–H groups in total. The molecular formula is C19H12ClN3O4. The average molecular weight is 382 g/mol. The van der Waals surface area contributed by atoms with Gasteiger partial charge in [-0.05, 0) is 43.3 Å². The normalized spacial score (nSPS) is 18.6. The number of ether oxygens (including phenoxy) is 2. The summed E-state index contributed by atoms with van der Waals surface area (Å²) in [5.41, 5.74) is -0.615. The van der Waals surface area contributed by atoms with Gasteiger partial charge in [-0.1, -0.05) is 17.7 Å². The Morgan fingerprint density at radius 2 is 2.00 bits per heavy atom. The zero-order chi connectivity index (χ0) is 19.6. The number of imide groups is 1. The standard InChI is InChI=1S/C19H12ClN3O4/c1-19(11-26-14-6-3-12(10-21)4-7-14)17(24)23(18(25)27-19)13-5-8-16(22-2)15(20)9-13/h3-9H,11H2,1H3. The Hall–Kier alpha value is -3.55. The van der Waals surface area contributed by atoms with Gasteiger partial charge in [0.05, 0.1) is 23.9 Å². The number of benzene rings is 2. The van der Waals surface area contributed by atoms with Gasteiger partial charge in [-0.25, -0.2) is 14.5 Å². The van der Waals surface area contributed by atoms with Gasteiger partial charge < -0.3 is 9.47 Å². The second-order valence-electron chi connectivity index (χ2n) is 5.91. The third-order valence-electron chi connectivity index (χ3n) is 3.96. The van der Waals surface area contributed by atoms with Gasteiger partial charge in [0.15, 0.2) is 0 Å². The number of amides is 2. The largest absolute Gasteiger partial charge is 0.489 e. The van der Waals surface area contributed by atoms with Crippen molar-refractivity contribution in [3.05, 3.63) is 64.5 Å². The van der Waals surface area contributed by atoms with Crippen LogP contribution in [0.25, 0.3) is 4.85 Å². The molecule has 0 saturated carbocycles. The molecule has 1 heterocycles. The zero-order valence-corrected chi connectivity index (χ0v) is 14.9. The highest BCUT2D eigenvalue weighted by atomic mass is 35.5. The summed E-state index contributed by atoms with van der Waals surface area (Å²) in [6.45, 7) is 8.25. The van der Waals surface area contributed by atoms with E-state index < -0.39 is 17.6 Å². The van der Waals surface area contributed by atoms with Crippen molar-refractivity contribution < 1.29 is 19.1 Å². The molecule has 2 aromatic rings. The molecule has 8 heteroatoms. The van der Waals surface area contributed by atoms with Gasteiger partial charge in [0.25, 0.3) is 5.91 Å². The first kappa shape index (κ1) is 18.2. The van der Waals surface area contributed by atoms with E-state index in [9.17, 15) is 9.59 Å². The molecule has 0 radical (unpaired) electrons. The number of carbonyl (C=O) groups is 2. The van der Waals surface area contributed by atoms with E-state index >= 15 is 0 Å². The van der Waals surface area contributed by atoms with Gasteiger partial charge in [-0.2, -0.15) is 5.26 Å². The number of hydrogen-bond acceptors (Lipinski definition) is 5. The number of anilines is 1. The van der Waals surface area contributed by atoms with Crippen molar-refractivity contribution in [2.45, 2.75) is 12.5 Å². The molecule has 0 aromatic heterocycles. The first-order valence-electron chi connectivity index (χ1n) is 7.75. The molecule has 1 unspecified atom stereocenters. The highest BCUT2D eigenvalue weighted by Crippen LogP contribution is 2.34. The number of rotatable bonds is 4. The van der Waals surface area contributed by atoms with Crippen LogP contribution in [0.4, 0.5) is 16.2 Å². The van der Waals surface area contributed by atoms with Crippen molar-refractivity contribution in [1.82, 2.24) is 0 Å². The Morgan fingerprint density at radius 1 is 1.30 bits per heavy atom. The molecule has 2 aromatic carbocycles. The predicted molar refractivity (Wildman–Crippen MR) is 96.7 cm³/mol. The fraction of sp³-hybridized carbons (Fsp3) is 0.158. The van der Waals surface area contributed by atoms with Gasteiger partial charge in [0.2, 0.25) is 11.3 Å². The fourth-order valence-electron chi connectivity index (χ4n) is 2.49. The van der Waals surface area contributed by atoms with Crippen LogP contribution in [0.5, 0.6) is 5.75 Å². The third-order valence-corrected chi connectivity index (χ3v) is 4.26. The maximum Gasteiger partial charge on any atom is 0.422 e. The van der Waals surface area contributed by atoms with Crippen LogP contribution in [-0.4, -0.2) is 24.2 Å². The second-order valence-corrected chi connectivity index (χ2v) is 6.32. The molecule has 1 atom stereocenters. The quantitative estimate of drug-likeness (QED) is 0.745. The van der Waals surface area contributed by atoms with Crippen LogP contribution in [0.3, 0.4) is 0 Å². The number of nitrogens with zero attached hydrogens (tertiary/aromatic N) is 3. The van der Waals surface area contributed by atoms with Crippen LogP contribution in [0, 0.1) is 17.9 Å². The molecular weight excluding hydrogens is 370 g/mol. The van der Waals surface area contributed by atoms with Crippen LogP contribution in [-0.2, 0) is 9.53 Å². The highest BCUT2D eigenvalue weighted by molar-refractivity contribution is 6.34. The van der Waals surface area contributed by atoms with E-state index in [1.807, 2.05) is 6.07 Å². The Labute approximate surface area is 160 Å². The Morgan fingerprint density at radius 3 is 2.59 bits per heavy atom. The smallest absolute Gasteiger partial charge is 0.422 e. The molecule has 3 rings (SSSR count). The van der Waals surface area contributed by atoms with Crippen molar-refractivity contribution in [3.8, 4) is 11.8 Å². The van der Waals surface area contributed by atoms with Gasteiger partial charge in [-0.3, -0.25) is 4.79 Å². The molecule has 7 nitrogen and oxygen atoms in total. The topological polar surface area (TPSA) is 84.0 Å². The monoisotopic (exact) mass is 381 g/mol. The molecule has 0 spiro atoms. The SMILES string of the molecule is [C-]#[N+]c1ccc(N2C(=O)OC(C)(COc3ccc(C#N)cc3)C2=O)cc1Cl. The summed E-state index contributed by atoms with van der Waals surface area (Å²) in [5.74, 6) is -0.172. The molecule has 134 valence electrons. The number of halogens is 1. The summed E-state index contributed by atoms with van der Waals surface area (Å²) >= 11 is 5.99. The lowest BCUT2D eigenvalue weighted by Crippen LogP contribution is -2.43. The molecule has 27 heavy (non-hydrogen) atoms. The summed E-state index contributed by atoms with van der Waals surface area (Å²) < 4.78 is 10.8. The summed E-state index contributed by atoms with van der Waals surface area (Å²) in [5, 5.41) is 8.93. The lowest BCUT2D eigenvalue weighted by Gasteiger charge is -2.20. The molecule has 1 fully saturated rings. The van der Waals surface area contributed by atoms with E-state index in [1.54, 1.807) is 24.3 Å². The van der Waals surface area contributed by atoms with Crippen LogP contribution < -0.4 is 9.64 Å². The van der Waals surface area contributed by atoms with Gasteiger partial charge in [0, 0.05) is 5.02 Å². The van der Waals surface area contributed by atoms with Gasteiger partial charge in [-0.15, -0.1) is 0 Å². The molecule has 1 saturated heterocycles. The summed E-state index contributed by atoms with van der Waals surface area (Å²) in [7, 11) is 0. The van der Waals surface area contributed by atoms with E-state index in [-0.39, 0.29) is 23.0 Å². The minimum Gasteiger partial charge on any atom is -0.489 e. The van der Waals surface area contributed by atoms with Crippen LogP contribution in [0.15, 0.2) is 42.5 Å². The molecule has 2 amide bonds. The van der Waals surface area contributed by atoms with Crippen LogP contribution >= 0.6 is 11.6 Å². The maximum absolute atomic E-state index is 12.8. The molecule has 0 bridgehead atoms. The minimum absolute atomic E-state index is 0.130. The van der Waals surface area contributed by atoms with E-state index in [2.05, 4.69) is 4.85 Å².